The highest BCUT2D eigenvalue weighted by molar-refractivity contribution is 5.48. The van der Waals surface area contributed by atoms with E-state index in [1.165, 1.54) is 0 Å². The number of aromatic nitrogens is 2. The van der Waals surface area contributed by atoms with Gasteiger partial charge in [-0.3, -0.25) is 0 Å². The normalized spacial score (nSPS) is 12.2. The van der Waals surface area contributed by atoms with Gasteiger partial charge in [0.2, 0.25) is 0 Å². The Morgan fingerprint density at radius 1 is 1.26 bits per heavy atom. The Bertz CT molecular complexity index is 346. The van der Waals surface area contributed by atoms with Crippen LogP contribution in [-0.2, 0) is 6.42 Å². The first-order valence-electron chi connectivity index (χ1n) is 7.18. The SMILES string of the molecule is CCCc1nc(NCC)cc(NC(C)CCCO)n1. The van der Waals surface area contributed by atoms with E-state index in [1.54, 1.807) is 0 Å². The monoisotopic (exact) mass is 266 g/mol. The molecule has 0 radical (unpaired) electrons. The molecule has 3 N–H and O–H groups in total. The van der Waals surface area contributed by atoms with E-state index in [4.69, 9.17) is 5.11 Å². The van der Waals surface area contributed by atoms with E-state index in [1.807, 2.05) is 6.07 Å². The molecular weight excluding hydrogens is 240 g/mol. The Hall–Kier alpha value is -1.36. The van der Waals surface area contributed by atoms with Crippen LogP contribution in [0.25, 0.3) is 0 Å². The quantitative estimate of drug-likeness (QED) is 0.640. The number of anilines is 2. The van der Waals surface area contributed by atoms with Crippen LogP contribution in [0.4, 0.5) is 11.6 Å². The molecule has 0 saturated heterocycles. The fraction of sp³-hybridized carbons (Fsp3) is 0.714. The maximum absolute atomic E-state index is 8.85. The third-order valence-electron chi connectivity index (χ3n) is 2.79. The van der Waals surface area contributed by atoms with Crippen molar-refractivity contribution in [2.45, 2.75) is 52.5 Å². The minimum atomic E-state index is 0.236. The number of nitrogens with zero attached hydrogens (tertiary/aromatic N) is 2. The first-order chi connectivity index (χ1) is 9.19. The number of hydrogen-bond acceptors (Lipinski definition) is 5. The molecule has 1 aromatic rings. The number of rotatable bonds is 9. The Morgan fingerprint density at radius 3 is 2.63 bits per heavy atom. The lowest BCUT2D eigenvalue weighted by Crippen LogP contribution is -2.17. The molecule has 19 heavy (non-hydrogen) atoms. The molecule has 0 bridgehead atoms. The minimum absolute atomic E-state index is 0.236. The van der Waals surface area contributed by atoms with Crippen molar-refractivity contribution in [1.29, 1.82) is 0 Å². The van der Waals surface area contributed by atoms with Gasteiger partial charge in [0.05, 0.1) is 0 Å². The highest BCUT2D eigenvalue weighted by atomic mass is 16.2. The Morgan fingerprint density at radius 2 is 2.00 bits per heavy atom. The van der Waals surface area contributed by atoms with E-state index >= 15 is 0 Å². The molecule has 0 aliphatic rings. The molecule has 0 aliphatic heterocycles. The van der Waals surface area contributed by atoms with Gasteiger partial charge in [0.1, 0.15) is 17.5 Å². The van der Waals surface area contributed by atoms with E-state index in [0.717, 1.165) is 49.7 Å². The summed E-state index contributed by atoms with van der Waals surface area (Å²) in [6, 6.07) is 2.24. The van der Waals surface area contributed by atoms with E-state index in [-0.39, 0.29) is 6.61 Å². The summed E-state index contributed by atoms with van der Waals surface area (Å²) in [6.45, 7) is 7.37. The summed E-state index contributed by atoms with van der Waals surface area (Å²) in [5, 5.41) is 15.5. The van der Waals surface area contributed by atoms with Crippen molar-refractivity contribution in [2.75, 3.05) is 23.8 Å². The largest absolute Gasteiger partial charge is 0.396 e. The maximum atomic E-state index is 8.85. The second kappa shape index (κ2) is 8.69. The molecule has 1 unspecified atom stereocenters. The lowest BCUT2D eigenvalue weighted by molar-refractivity contribution is 0.282. The van der Waals surface area contributed by atoms with Crippen molar-refractivity contribution in [1.82, 2.24) is 9.97 Å². The van der Waals surface area contributed by atoms with Crippen molar-refractivity contribution in [3.63, 3.8) is 0 Å². The molecule has 0 fully saturated rings. The molecule has 0 saturated carbocycles. The van der Waals surface area contributed by atoms with Gasteiger partial charge in [-0.25, -0.2) is 9.97 Å². The van der Waals surface area contributed by atoms with Crippen LogP contribution in [0.1, 0.15) is 45.9 Å². The maximum Gasteiger partial charge on any atom is 0.133 e. The number of aliphatic hydroxyl groups is 1. The number of nitrogens with one attached hydrogen (secondary N) is 2. The second-order valence-corrected chi connectivity index (χ2v) is 4.75. The van der Waals surface area contributed by atoms with E-state index in [0.29, 0.717) is 6.04 Å². The molecule has 108 valence electrons. The number of aryl methyl sites for hydroxylation is 1. The summed E-state index contributed by atoms with van der Waals surface area (Å²) < 4.78 is 0. The summed E-state index contributed by atoms with van der Waals surface area (Å²) >= 11 is 0. The molecule has 0 amide bonds. The lowest BCUT2D eigenvalue weighted by Gasteiger charge is -2.15. The smallest absolute Gasteiger partial charge is 0.133 e. The topological polar surface area (TPSA) is 70.1 Å². The standard InChI is InChI=1S/C14H26N4O/c1-4-7-12-17-13(15-5-2)10-14(18-12)16-11(3)8-6-9-19/h10-11,19H,4-9H2,1-3H3,(H2,15,16,17,18). The Kier molecular flexibility index (Phi) is 7.18. The molecule has 0 aliphatic carbocycles. The van der Waals surface area contributed by atoms with Gasteiger partial charge in [-0.05, 0) is 33.1 Å². The zero-order valence-electron chi connectivity index (χ0n) is 12.2. The van der Waals surface area contributed by atoms with E-state index in [9.17, 15) is 0 Å². The van der Waals surface area contributed by atoms with Crippen molar-refractivity contribution in [2.24, 2.45) is 0 Å². The predicted molar refractivity (Wildman–Crippen MR) is 79.6 cm³/mol. The third-order valence-corrected chi connectivity index (χ3v) is 2.79. The molecule has 1 atom stereocenters. The zero-order chi connectivity index (χ0) is 14.1. The molecule has 1 aromatic heterocycles. The summed E-state index contributed by atoms with van der Waals surface area (Å²) in [6.07, 6.45) is 3.66. The van der Waals surface area contributed by atoms with Crippen molar-refractivity contribution in [3.8, 4) is 0 Å². The van der Waals surface area contributed by atoms with Gasteiger partial charge in [0.15, 0.2) is 0 Å². The van der Waals surface area contributed by atoms with Gasteiger partial charge in [-0.1, -0.05) is 6.92 Å². The van der Waals surface area contributed by atoms with Crippen LogP contribution in [0, 0.1) is 0 Å². The summed E-state index contributed by atoms with van der Waals surface area (Å²) in [4.78, 5) is 9.01. The molecule has 0 aromatic carbocycles. The van der Waals surface area contributed by atoms with Crippen molar-refractivity contribution < 1.29 is 5.11 Å². The average molecular weight is 266 g/mol. The third kappa shape index (κ3) is 5.87. The Labute approximate surface area is 115 Å². The highest BCUT2D eigenvalue weighted by Gasteiger charge is 2.07. The van der Waals surface area contributed by atoms with E-state index in [2.05, 4.69) is 41.4 Å². The van der Waals surface area contributed by atoms with Crippen LogP contribution in [0.2, 0.25) is 0 Å². The highest BCUT2D eigenvalue weighted by Crippen LogP contribution is 2.14. The first-order valence-corrected chi connectivity index (χ1v) is 7.18. The number of aliphatic hydroxyl groups excluding tert-OH is 1. The second-order valence-electron chi connectivity index (χ2n) is 4.75. The number of hydrogen-bond donors (Lipinski definition) is 3. The van der Waals surface area contributed by atoms with Gasteiger partial charge in [-0.15, -0.1) is 0 Å². The van der Waals surface area contributed by atoms with Crippen molar-refractivity contribution >= 4 is 11.6 Å². The van der Waals surface area contributed by atoms with Crippen molar-refractivity contribution in [3.05, 3.63) is 11.9 Å². The van der Waals surface area contributed by atoms with Crippen LogP contribution >= 0.6 is 0 Å². The predicted octanol–water partition coefficient (Wildman–Crippen LogP) is 2.43. The first kappa shape index (κ1) is 15.7. The minimum Gasteiger partial charge on any atom is -0.396 e. The molecular formula is C14H26N4O. The molecule has 5 heteroatoms. The van der Waals surface area contributed by atoms with Crippen LogP contribution in [-0.4, -0.2) is 34.3 Å². The van der Waals surface area contributed by atoms with Gasteiger partial charge < -0.3 is 15.7 Å². The molecule has 1 rings (SSSR count). The van der Waals surface area contributed by atoms with Crippen LogP contribution in [0.15, 0.2) is 6.07 Å². The van der Waals surface area contributed by atoms with Gasteiger partial charge >= 0.3 is 0 Å². The van der Waals surface area contributed by atoms with E-state index < -0.39 is 0 Å². The van der Waals surface area contributed by atoms with Crippen LogP contribution in [0.5, 0.6) is 0 Å². The molecule has 1 heterocycles. The molecule has 0 spiro atoms. The molecule has 5 nitrogen and oxygen atoms in total. The van der Waals surface area contributed by atoms with Gasteiger partial charge in [0, 0.05) is 31.7 Å². The Balaban J connectivity index is 2.74. The fourth-order valence-corrected chi connectivity index (χ4v) is 1.90. The summed E-state index contributed by atoms with van der Waals surface area (Å²) in [7, 11) is 0. The zero-order valence-corrected chi connectivity index (χ0v) is 12.2. The summed E-state index contributed by atoms with van der Waals surface area (Å²) in [5.74, 6) is 2.61. The lowest BCUT2D eigenvalue weighted by atomic mass is 10.2. The van der Waals surface area contributed by atoms with Gasteiger partial charge in [-0.2, -0.15) is 0 Å². The summed E-state index contributed by atoms with van der Waals surface area (Å²) in [5.41, 5.74) is 0. The van der Waals surface area contributed by atoms with Gasteiger partial charge in [0.25, 0.3) is 0 Å². The fourth-order valence-electron chi connectivity index (χ4n) is 1.90. The average Bonchev–Trinajstić information content (AvgIpc) is 2.37. The van der Waals surface area contributed by atoms with Crippen LogP contribution < -0.4 is 10.6 Å². The van der Waals surface area contributed by atoms with Crippen LogP contribution in [0.3, 0.4) is 0 Å².